The van der Waals surface area contributed by atoms with Gasteiger partial charge < -0.3 is 0 Å². The first-order valence-electron chi connectivity index (χ1n) is 7.50. The van der Waals surface area contributed by atoms with Crippen LogP contribution in [-0.4, -0.2) is 24.7 Å². The summed E-state index contributed by atoms with van der Waals surface area (Å²) in [5, 5.41) is -0.389. The molecular weight excluding hydrogens is 296 g/mol. The second-order valence-corrected chi connectivity index (χ2v) is 8.27. The topological polar surface area (TPSA) is 59.1 Å². The summed E-state index contributed by atoms with van der Waals surface area (Å²) in [6, 6.07) is 14.1. The fourth-order valence-electron chi connectivity index (χ4n) is 2.48. The van der Waals surface area contributed by atoms with Crippen molar-refractivity contribution in [3.63, 3.8) is 0 Å². The van der Waals surface area contributed by atoms with Gasteiger partial charge in [0.05, 0.1) is 10.9 Å². The zero-order valence-electron chi connectivity index (χ0n) is 12.7. The highest BCUT2D eigenvalue weighted by Gasteiger charge is 2.41. The predicted octanol–water partition coefficient (Wildman–Crippen LogP) is 2.93. The van der Waals surface area contributed by atoms with E-state index in [-0.39, 0.29) is 17.2 Å². The molecule has 1 aromatic heterocycles. The lowest BCUT2D eigenvalue weighted by Crippen LogP contribution is -2.33. The third kappa shape index (κ3) is 3.20. The van der Waals surface area contributed by atoms with Crippen LogP contribution in [0.4, 0.5) is 0 Å². The van der Waals surface area contributed by atoms with Crippen molar-refractivity contribution in [2.24, 2.45) is 0 Å². The summed E-state index contributed by atoms with van der Waals surface area (Å²) in [6.45, 7) is 3.39. The Kier molecular flexibility index (Phi) is 4.02. The molecule has 1 aliphatic carbocycles. The second-order valence-electron chi connectivity index (χ2n) is 6.00. The summed E-state index contributed by atoms with van der Waals surface area (Å²) in [5.74, 6) is 0.284. The van der Waals surface area contributed by atoms with Gasteiger partial charge in [0.25, 0.3) is 0 Å². The van der Waals surface area contributed by atoms with E-state index in [1.54, 1.807) is 20.0 Å². The van der Waals surface area contributed by atoms with E-state index in [1.165, 1.54) is 5.56 Å². The highest BCUT2D eigenvalue weighted by Crippen LogP contribution is 2.41. The van der Waals surface area contributed by atoms with Crippen molar-refractivity contribution in [2.75, 3.05) is 0 Å². The average molecular weight is 316 g/mol. The number of hydrogen-bond donors (Lipinski definition) is 1. The minimum atomic E-state index is -3.19. The van der Waals surface area contributed by atoms with Crippen molar-refractivity contribution >= 4 is 10.0 Å². The lowest BCUT2D eigenvalue weighted by Gasteiger charge is -2.09. The molecule has 1 aliphatic rings. The Hall–Kier alpha value is -1.72. The third-order valence-electron chi connectivity index (χ3n) is 4.03. The summed E-state index contributed by atoms with van der Waals surface area (Å²) < 4.78 is 26.5. The van der Waals surface area contributed by atoms with Crippen molar-refractivity contribution in [2.45, 2.75) is 37.5 Å². The molecule has 1 fully saturated rings. The van der Waals surface area contributed by atoms with E-state index >= 15 is 0 Å². The van der Waals surface area contributed by atoms with Gasteiger partial charge in [0.15, 0.2) is 0 Å². The maximum absolute atomic E-state index is 11.9. The SMILES string of the molecule is CC(C)S(=O)(=O)N[C@@H]1C[C@H]1c1ccc(-c2ccccn2)cc1. The van der Waals surface area contributed by atoms with Crippen LogP contribution < -0.4 is 4.72 Å². The Balaban J connectivity index is 1.68. The van der Waals surface area contributed by atoms with Gasteiger partial charge in [-0.3, -0.25) is 4.98 Å². The molecule has 3 rings (SSSR count). The summed E-state index contributed by atoms with van der Waals surface area (Å²) in [6.07, 6.45) is 2.65. The highest BCUT2D eigenvalue weighted by molar-refractivity contribution is 7.90. The Morgan fingerprint density at radius 3 is 2.45 bits per heavy atom. The smallest absolute Gasteiger partial charge is 0.214 e. The predicted molar refractivity (Wildman–Crippen MR) is 88.0 cm³/mol. The Bertz CT molecular complexity index is 740. The highest BCUT2D eigenvalue weighted by atomic mass is 32.2. The lowest BCUT2D eigenvalue weighted by molar-refractivity contribution is 0.571. The van der Waals surface area contributed by atoms with E-state index in [0.29, 0.717) is 0 Å². The second kappa shape index (κ2) is 5.82. The van der Waals surface area contributed by atoms with Crippen LogP contribution in [0.15, 0.2) is 48.7 Å². The summed E-state index contributed by atoms with van der Waals surface area (Å²) in [7, 11) is -3.19. The molecule has 0 bridgehead atoms. The molecule has 1 aromatic carbocycles. The number of rotatable bonds is 5. The van der Waals surface area contributed by atoms with Crippen LogP contribution in [0, 0.1) is 0 Å². The number of benzene rings is 1. The third-order valence-corrected chi connectivity index (χ3v) is 5.90. The quantitative estimate of drug-likeness (QED) is 0.922. The molecule has 1 saturated carbocycles. The van der Waals surface area contributed by atoms with Crippen molar-refractivity contribution in [3.05, 3.63) is 54.2 Å². The summed E-state index contributed by atoms with van der Waals surface area (Å²) >= 11 is 0. The molecule has 1 heterocycles. The summed E-state index contributed by atoms with van der Waals surface area (Å²) in [4.78, 5) is 4.33. The first kappa shape index (κ1) is 15.2. The molecule has 5 heteroatoms. The number of sulfonamides is 1. The largest absolute Gasteiger partial charge is 0.256 e. The first-order chi connectivity index (χ1) is 10.5. The fourth-order valence-corrected chi connectivity index (χ4v) is 3.43. The number of nitrogens with one attached hydrogen (secondary N) is 1. The maximum Gasteiger partial charge on any atom is 0.214 e. The fraction of sp³-hybridized carbons (Fsp3) is 0.353. The minimum Gasteiger partial charge on any atom is -0.256 e. The van der Waals surface area contributed by atoms with Crippen molar-refractivity contribution < 1.29 is 8.42 Å². The molecule has 0 aliphatic heterocycles. The molecule has 1 N–H and O–H groups in total. The van der Waals surface area contributed by atoms with Gasteiger partial charge >= 0.3 is 0 Å². The van der Waals surface area contributed by atoms with Gasteiger partial charge in [-0.1, -0.05) is 30.3 Å². The standard InChI is InChI=1S/C17H20N2O2S/c1-12(2)22(20,21)19-17-11-15(17)13-6-8-14(9-7-13)16-5-3-4-10-18-16/h3-10,12,15,17,19H,11H2,1-2H3/t15-,17+/m0/s1. The minimum absolute atomic E-state index is 0.0353. The molecule has 0 saturated heterocycles. The van der Waals surface area contributed by atoms with E-state index in [0.717, 1.165) is 17.7 Å². The zero-order chi connectivity index (χ0) is 15.7. The van der Waals surface area contributed by atoms with Gasteiger partial charge in [-0.15, -0.1) is 0 Å². The van der Waals surface area contributed by atoms with Crippen LogP contribution in [0.25, 0.3) is 11.3 Å². The van der Waals surface area contributed by atoms with E-state index in [1.807, 2.05) is 30.3 Å². The van der Waals surface area contributed by atoms with Crippen molar-refractivity contribution in [1.82, 2.24) is 9.71 Å². The van der Waals surface area contributed by atoms with Gasteiger partial charge in [0.2, 0.25) is 10.0 Å². The van der Waals surface area contributed by atoms with Crippen LogP contribution in [0.1, 0.15) is 31.7 Å². The van der Waals surface area contributed by atoms with E-state index in [2.05, 4.69) is 21.8 Å². The monoisotopic (exact) mass is 316 g/mol. The van der Waals surface area contributed by atoms with E-state index < -0.39 is 10.0 Å². The van der Waals surface area contributed by atoms with Crippen LogP contribution >= 0.6 is 0 Å². The molecule has 0 unspecified atom stereocenters. The molecule has 116 valence electrons. The number of aromatic nitrogens is 1. The van der Waals surface area contributed by atoms with E-state index in [9.17, 15) is 8.42 Å². The molecule has 0 spiro atoms. The van der Waals surface area contributed by atoms with Crippen LogP contribution in [0.5, 0.6) is 0 Å². The molecule has 4 nitrogen and oxygen atoms in total. The summed E-state index contributed by atoms with van der Waals surface area (Å²) in [5.41, 5.74) is 3.20. The zero-order valence-corrected chi connectivity index (χ0v) is 13.5. The van der Waals surface area contributed by atoms with Gasteiger partial charge in [0.1, 0.15) is 0 Å². The van der Waals surface area contributed by atoms with Gasteiger partial charge in [-0.25, -0.2) is 13.1 Å². The number of pyridine rings is 1. The van der Waals surface area contributed by atoms with Crippen LogP contribution in [0.3, 0.4) is 0 Å². The lowest BCUT2D eigenvalue weighted by atomic mass is 10.1. The number of nitrogens with zero attached hydrogens (tertiary/aromatic N) is 1. The normalized spacial score (nSPS) is 21.0. The van der Waals surface area contributed by atoms with E-state index in [4.69, 9.17) is 0 Å². The Morgan fingerprint density at radius 1 is 1.14 bits per heavy atom. The van der Waals surface area contributed by atoms with Crippen LogP contribution in [0.2, 0.25) is 0 Å². The first-order valence-corrected chi connectivity index (χ1v) is 9.04. The number of hydrogen-bond acceptors (Lipinski definition) is 3. The molecule has 0 radical (unpaired) electrons. The molecule has 0 amide bonds. The maximum atomic E-state index is 11.9. The Labute approximate surface area is 131 Å². The van der Waals surface area contributed by atoms with Gasteiger partial charge in [0, 0.05) is 23.7 Å². The molecular formula is C17H20N2O2S. The van der Waals surface area contributed by atoms with Gasteiger partial charge in [-0.05, 0) is 38.0 Å². The van der Waals surface area contributed by atoms with Crippen molar-refractivity contribution in [1.29, 1.82) is 0 Å². The molecule has 2 atom stereocenters. The molecule has 2 aromatic rings. The van der Waals surface area contributed by atoms with Gasteiger partial charge in [-0.2, -0.15) is 0 Å². The molecule has 22 heavy (non-hydrogen) atoms. The van der Waals surface area contributed by atoms with Crippen molar-refractivity contribution in [3.8, 4) is 11.3 Å². The van der Waals surface area contributed by atoms with Crippen LogP contribution in [-0.2, 0) is 10.0 Å². The average Bonchev–Trinajstić information content (AvgIpc) is 3.26. The Morgan fingerprint density at radius 2 is 1.86 bits per heavy atom.